The van der Waals surface area contributed by atoms with Crippen LogP contribution >= 0.6 is 0 Å². The molecule has 2 nitrogen and oxygen atoms in total. The Bertz CT molecular complexity index is 223. The van der Waals surface area contributed by atoms with Crippen LogP contribution in [0.4, 0.5) is 0 Å². The summed E-state index contributed by atoms with van der Waals surface area (Å²) in [7, 11) is 1.89. The Morgan fingerprint density at radius 1 is 1.06 bits per heavy atom. The Morgan fingerprint density at radius 2 is 1.82 bits per heavy atom. The van der Waals surface area contributed by atoms with Crippen molar-refractivity contribution in [1.82, 2.24) is 0 Å². The Labute approximate surface area is 106 Å². The Morgan fingerprint density at radius 3 is 2.47 bits per heavy atom. The second kappa shape index (κ2) is 6.19. The number of hydrogen-bond donors (Lipinski definition) is 0. The zero-order valence-electron chi connectivity index (χ0n) is 11.5. The molecule has 0 saturated heterocycles. The predicted octanol–water partition coefficient (Wildman–Crippen LogP) is 3.79. The fraction of sp³-hybridized carbons (Fsp3) is 1.00. The van der Waals surface area contributed by atoms with Crippen LogP contribution in [0, 0.1) is 11.3 Å². The van der Waals surface area contributed by atoms with Gasteiger partial charge >= 0.3 is 0 Å². The van der Waals surface area contributed by atoms with E-state index in [1.807, 2.05) is 7.11 Å². The molecule has 2 saturated carbocycles. The molecular weight excluding hydrogens is 212 g/mol. The Hall–Kier alpha value is -0.0800. The van der Waals surface area contributed by atoms with Crippen molar-refractivity contribution in [3.8, 4) is 0 Å². The first-order valence-corrected chi connectivity index (χ1v) is 7.44. The maximum Gasteiger partial charge on any atom is 0.0652 e. The summed E-state index contributed by atoms with van der Waals surface area (Å²) in [5, 5.41) is 0. The minimum Gasteiger partial charge on any atom is -0.381 e. The van der Waals surface area contributed by atoms with Crippen molar-refractivity contribution in [2.75, 3.05) is 20.3 Å². The topological polar surface area (TPSA) is 18.5 Å². The van der Waals surface area contributed by atoms with E-state index in [1.54, 1.807) is 0 Å². The molecule has 2 rings (SSSR count). The molecule has 2 heteroatoms. The Balaban J connectivity index is 2.09. The van der Waals surface area contributed by atoms with Gasteiger partial charge in [0.15, 0.2) is 0 Å². The molecule has 0 spiro atoms. The highest BCUT2D eigenvalue weighted by Gasteiger charge is 2.48. The van der Waals surface area contributed by atoms with Crippen molar-refractivity contribution >= 4 is 0 Å². The molecule has 0 aromatic carbocycles. The lowest BCUT2D eigenvalue weighted by Crippen LogP contribution is -2.43. The zero-order chi connectivity index (χ0) is 12.1. The number of hydrogen-bond acceptors (Lipinski definition) is 2. The van der Waals surface area contributed by atoms with Crippen molar-refractivity contribution in [3.63, 3.8) is 0 Å². The van der Waals surface area contributed by atoms with E-state index in [-0.39, 0.29) is 0 Å². The lowest BCUT2D eigenvalue weighted by molar-refractivity contribution is -0.0850. The average Bonchev–Trinajstić information content (AvgIpc) is 2.81. The van der Waals surface area contributed by atoms with Crippen molar-refractivity contribution in [2.45, 2.75) is 64.4 Å². The molecule has 2 unspecified atom stereocenters. The van der Waals surface area contributed by atoms with Crippen LogP contribution < -0.4 is 0 Å². The minimum absolute atomic E-state index is 0.338. The largest absolute Gasteiger partial charge is 0.381 e. The molecule has 0 aliphatic heterocycles. The lowest BCUT2D eigenvalue weighted by Gasteiger charge is -2.43. The third-order valence-corrected chi connectivity index (χ3v) is 5.03. The molecule has 0 radical (unpaired) electrons. The molecule has 17 heavy (non-hydrogen) atoms. The molecule has 2 aliphatic rings. The van der Waals surface area contributed by atoms with Crippen molar-refractivity contribution in [2.24, 2.45) is 11.3 Å². The van der Waals surface area contributed by atoms with Gasteiger partial charge in [0, 0.05) is 19.1 Å². The van der Waals surface area contributed by atoms with Crippen LogP contribution in [0.15, 0.2) is 0 Å². The molecule has 100 valence electrons. The second-order valence-electron chi connectivity index (χ2n) is 5.82. The summed E-state index contributed by atoms with van der Waals surface area (Å²) < 4.78 is 11.6. The highest BCUT2D eigenvalue weighted by atomic mass is 16.5. The van der Waals surface area contributed by atoms with Crippen LogP contribution in [0.25, 0.3) is 0 Å². The van der Waals surface area contributed by atoms with E-state index < -0.39 is 0 Å². The van der Waals surface area contributed by atoms with E-state index in [9.17, 15) is 0 Å². The molecule has 2 atom stereocenters. The van der Waals surface area contributed by atoms with Crippen molar-refractivity contribution in [3.05, 3.63) is 0 Å². The van der Waals surface area contributed by atoms with Gasteiger partial charge in [0.1, 0.15) is 0 Å². The molecule has 0 aromatic heterocycles. The summed E-state index contributed by atoms with van der Waals surface area (Å²) in [5.74, 6) is 0.843. The van der Waals surface area contributed by atoms with Crippen LogP contribution in [0.3, 0.4) is 0 Å². The zero-order valence-corrected chi connectivity index (χ0v) is 11.5. The summed E-state index contributed by atoms with van der Waals surface area (Å²) in [6, 6.07) is 0. The molecule has 0 amide bonds. The van der Waals surface area contributed by atoms with Crippen LogP contribution in [0.2, 0.25) is 0 Å². The summed E-state index contributed by atoms with van der Waals surface area (Å²) >= 11 is 0. The highest BCUT2D eigenvalue weighted by molar-refractivity contribution is 4.98. The van der Waals surface area contributed by atoms with Gasteiger partial charge in [-0.1, -0.05) is 25.7 Å². The van der Waals surface area contributed by atoms with Crippen LogP contribution in [0.5, 0.6) is 0 Å². The van der Waals surface area contributed by atoms with Crippen LogP contribution in [0.1, 0.15) is 58.3 Å². The quantitative estimate of drug-likeness (QED) is 0.728. The average molecular weight is 240 g/mol. The first-order valence-electron chi connectivity index (χ1n) is 7.44. The predicted molar refractivity (Wildman–Crippen MR) is 70.1 cm³/mol. The van der Waals surface area contributed by atoms with E-state index in [2.05, 4.69) is 6.92 Å². The molecule has 2 fully saturated rings. The minimum atomic E-state index is 0.338. The van der Waals surface area contributed by atoms with Crippen LogP contribution in [-0.2, 0) is 9.47 Å². The third kappa shape index (κ3) is 2.68. The van der Waals surface area contributed by atoms with E-state index in [0.717, 1.165) is 19.1 Å². The van der Waals surface area contributed by atoms with E-state index in [0.29, 0.717) is 11.5 Å². The van der Waals surface area contributed by atoms with Gasteiger partial charge in [-0.05, 0) is 38.5 Å². The Kier molecular flexibility index (Phi) is 4.87. The van der Waals surface area contributed by atoms with Crippen molar-refractivity contribution < 1.29 is 9.47 Å². The monoisotopic (exact) mass is 240 g/mol. The maximum atomic E-state index is 5.83. The van der Waals surface area contributed by atoms with Gasteiger partial charge in [-0.25, -0.2) is 0 Å². The van der Waals surface area contributed by atoms with E-state index in [4.69, 9.17) is 9.47 Å². The van der Waals surface area contributed by atoms with E-state index >= 15 is 0 Å². The van der Waals surface area contributed by atoms with Crippen molar-refractivity contribution in [1.29, 1.82) is 0 Å². The summed E-state index contributed by atoms with van der Waals surface area (Å²) in [6.07, 6.45) is 11.4. The van der Waals surface area contributed by atoms with Gasteiger partial charge in [-0.2, -0.15) is 0 Å². The molecule has 0 aromatic rings. The summed E-state index contributed by atoms with van der Waals surface area (Å²) in [4.78, 5) is 0. The fourth-order valence-corrected chi connectivity index (χ4v) is 4.14. The summed E-state index contributed by atoms with van der Waals surface area (Å²) in [5.41, 5.74) is 0.338. The second-order valence-corrected chi connectivity index (χ2v) is 5.82. The number of rotatable bonds is 5. The van der Waals surface area contributed by atoms with Gasteiger partial charge in [0.05, 0.1) is 12.7 Å². The van der Waals surface area contributed by atoms with Gasteiger partial charge < -0.3 is 9.47 Å². The molecule has 2 aliphatic carbocycles. The standard InChI is InChI=1S/C15H28O2/c1-3-17-12-15(11-7-10-14(15)16-2)13-8-5-4-6-9-13/h13-14H,3-12H2,1-2H3. The summed E-state index contributed by atoms with van der Waals surface area (Å²) in [6.45, 7) is 3.86. The fourth-order valence-electron chi connectivity index (χ4n) is 4.14. The SMILES string of the molecule is CCOCC1(C2CCCCC2)CCCC1OC. The number of ether oxygens (including phenoxy) is 2. The molecule has 0 bridgehead atoms. The lowest BCUT2D eigenvalue weighted by atomic mass is 9.67. The van der Waals surface area contributed by atoms with Gasteiger partial charge in [-0.15, -0.1) is 0 Å². The highest BCUT2D eigenvalue weighted by Crippen LogP contribution is 2.51. The maximum absolute atomic E-state index is 5.83. The van der Waals surface area contributed by atoms with Gasteiger partial charge in [0.25, 0.3) is 0 Å². The molecule has 0 N–H and O–H groups in total. The smallest absolute Gasteiger partial charge is 0.0652 e. The normalized spacial score (nSPS) is 35.3. The molecule has 0 heterocycles. The van der Waals surface area contributed by atoms with Gasteiger partial charge in [0.2, 0.25) is 0 Å². The van der Waals surface area contributed by atoms with E-state index in [1.165, 1.54) is 51.4 Å². The number of methoxy groups -OCH3 is 1. The first-order chi connectivity index (χ1) is 8.33. The molecular formula is C15H28O2. The van der Waals surface area contributed by atoms with Gasteiger partial charge in [-0.3, -0.25) is 0 Å². The van der Waals surface area contributed by atoms with Crippen LogP contribution in [-0.4, -0.2) is 26.4 Å². The third-order valence-electron chi connectivity index (χ3n) is 5.03. The first kappa shape index (κ1) is 13.4.